The highest BCUT2D eigenvalue weighted by Crippen LogP contribution is 2.39. The summed E-state index contributed by atoms with van der Waals surface area (Å²) in [7, 11) is 0. The SMILES string of the molecule is Cc1cc(O)cc(C)c1CC(c1ccccc1O)c1c(C)cc(O)cc1C. The second-order valence-electron chi connectivity index (χ2n) is 7.37. The molecule has 140 valence electrons. The molecule has 0 aliphatic carbocycles. The Hall–Kier alpha value is -2.94. The van der Waals surface area contributed by atoms with E-state index in [-0.39, 0.29) is 23.2 Å². The van der Waals surface area contributed by atoms with Crippen LogP contribution in [0.3, 0.4) is 0 Å². The van der Waals surface area contributed by atoms with Crippen LogP contribution in [0.4, 0.5) is 0 Å². The standard InChI is InChI=1S/C24H26O3/c1-14-9-18(25)10-15(2)21(14)13-22(20-7-5-6-8-23(20)27)24-16(3)11-19(26)12-17(24)4/h5-12,22,25-27H,13H2,1-4H3. The fraction of sp³-hybridized carbons (Fsp3) is 0.250. The fourth-order valence-corrected chi connectivity index (χ4v) is 4.15. The molecule has 0 saturated heterocycles. The van der Waals surface area contributed by atoms with Gasteiger partial charge in [0.05, 0.1) is 0 Å². The van der Waals surface area contributed by atoms with E-state index in [0.717, 1.165) is 38.9 Å². The van der Waals surface area contributed by atoms with E-state index in [9.17, 15) is 15.3 Å². The Balaban J connectivity index is 2.20. The van der Waals surface area contributed by atoms with Crippen LogP contribution in [0.15, 0.2) is 48.5 Å². The summed E-state index contributed by atoms with van der Waals surface area (Å²) in [4.78, 5) is 0. The van der Waals surface area contributed by atoms with Gasteiger partial charge in [0.2, 0.25) is 0 Å². The molecule has 0 spiro atoms. The van der Waals surface area contributed by atoms with Crippen molar-refractivity contribution in [2.75, 3.05) is 0 Å². The first-order chi connectivity index (χ1) is 12.8. The van der Waals surface area contributed by atoms with Gasteiger partial charge in [0, 0.05) is 11.5 Å². The van der Waals surface area contributed by atoms with Gasteiger partial charge in [-0.2, -0.15) is 0 Å². The highest BCUT2D eigenvalue weighted by atomic mass is 16.3. The minimum atomic E-state index is -0.0613. The maximum Gasteiger partial charge on any atom is 0.119 e. The summed E-state index contributed by atoms with van der Waals surface area (Å²) in [6, 6.07) is 14.5. The molecular weight excluding hydrogens is 336 g/mol. The summed E-state index contributed by atoms with van der Waals surface area (Å²) in [6.45, 7) is 7.98. The van der Waals surface area contributed by atoms with Crippen LogP contribution in [0.2, 0.25) is 0 Å². The highest BCUT2D eigenvalue weighted by Gasteiger charge is 2.23. The topological polar surface area (TPSA) is 60.7 Å². The smallest absolute Gasteiger partial charge is 0.119 e. The second kappa shape index (κ2) is 7.36. The van der Waals surface area contributed by atoms with Crippen molar-refractivity contribution in [2.45, 2.75) is 40.0 Å². The molecule has 0 amide bonds. The van der Waals surface area contributed by atoms with Gasteiger partial charge in [-0.1, -0.05) is 18.2 Å². The average molecular weight is 362 g/mol. The van der Waals surface area contributed by atoms with E-state index >= 15 is 0 Å². The van der Waals surface area contributed by atoms with Crippen LogP contribution in [0.5, 0.6) is 17.2 Å². The van der Waals surface area contributed by atoms with Crippen LogP contribution in [-0.2, 0) is 6.42 Å². The number of hydrogen-bond donors (Lipinski definition) is 3. The molecule has 0 aliphatic heterocycles. The first-order valence-corrected chi connectivity index (χ1v) is 9.15. The van der Waals surface area contributed by atoms with Crippen molar-refractivity contribution >= 4 is 0 Å². The van der Waals surface area contributed by atoms with Crippen molar-refractivity contribution in [1.29, 1.82) is 0 Å². The Labute approximate surface area is 160 Å². The number of para-hydroxylation sites is 1. The Kier molecular flexibility index (Phi) is 5.13. The zero-order valence-electron chi connectivity index (χ0n) is 16.2. The summed E-state index contributed by atoms with van der Waals surface area (Å²) in [5, 5.41) is 30.4. The van der Waals surface area contributed by atoms with Gasteiger partial charge in [-0.25, -0.2) is 0 Å². The van der Waals surface area contributed by atoms with Crippen LogP contribution in [0.1, 0.15) is 44.9 Å². The molecule has 3 aromatic rings. The van der Waals surface area contributed by atoms with Crippen molar-refractivity contribution in [2.24, 2.45) is 0 Å². The van der Waals surface area contributed by atoms with E-state index < -0.39 is 0 Å². The lowest BCUT2D eigenvalue weighted by Gasteiger charge is -2.25. The van der Waals surface area contributed by atoms with Crippen LogP contribution >= 0.6 is 0 Å². The van der Waals surface area contributed by atoms with E-state index in [0.29, 0.717) is 6.42 Å². The van der Waals surface area contributed by atoms with Gasteiger partial charge in [0.1, 0.15) is 17.2 Å². The number of aromatic hydroxyl groups is 3. The van der Waals surface area contributed by atoms with Gasteiger partial charge in [-0.05, 0) is 97.8 Å². The molecule has 0 aliphatic rings. The fourth-order valence-electron chi connectivity index (χ4n) is 4.15. The summed E-state index contributed by atoms with van der Waals surface area (Å²) in [5.41, 5.74) is 7.18. The van der Waals surface area contributed by atoms with Crippen molar-refractivity contribution in [3.05, 3.63) is 87.5 Å². The predicted octanol–water partition coefficient (Wildman–Crippen LogP) is 5.41. The normalized spacial score (nSPS) is 12.1. The Morgan fingerprint density at radius 3 is 1.70 bits per heavy atom. The minimum Gasteiger partial charge on any atom is -0.508 e. The zero-order chi connectivity index (χ0) is 19.7. The van der Waals surface area contributed by atoms with Crippen LogP contribution in [-0.4, -0.2) is 15.3 Å². The molecule has 1 unspecified atom stereocenters. The van der Waals surface area contributed by atoms with Crippen molar-refractivity contribution in [1.82, 2.24) is 0 Å². The number of hydrogen-bond acceptors (Lipinski definition) is 3. The maximum atomic E-state index is 10.5. The van der Waals surface area contributed by atoms with Crippen molar-refractivity contribution in [3.8, 4) is 17.2 Å². The summed E-state index contributed by atoms with van der Waals surface area (Å²) in [5.74, 6) is 0.726. The molecule has 1 atom stereocenters. The second-order valence-corrected chi connectivity index (χ2v) is 7.37. The molecule has 0 aromatic heterocycles. The quantitative estimate of drug-likeness (QED) is 0.581. The predicted molar refractivity (Wildman–Crippen MR) is 109 cm³/mol. The minimum absolute atomic E-state index is 0.0613. The summed E-state index contributed by atoms with van der Waals surface area (Å²) in [6.07, 6.45) is 0.696. The van der Waals surface area contributed by atoms with Gasteiger partial charge in [-0.3, -0.25) is 0 Å². The van der Waals surface area contributed by atoms with E-state index in [1.165, 1.54) is 0 Å². The lowest BCUT2D eigenvalue weighted by Crippen LogP contribution is -2.11. The summed E-state index contributed by atoms with van der Waals surface area (Å²) >= 11 is 0. The van der Waals surface area contributed by atoms with Crippen LogP contribution in [0.25, 0.3) is 0 Å². The molecule has 3 nitrogen and oxygen atoms in total. The zero-order valence-corrected chi connectivity index (χ0v) is 16.2. The molecule has 0 bridgehead atoms. The molecule has 27 heavy (non-hydrogen) atoms. The number of phenolic OH excluding ortho intramolecular Hbond substituents is 3. The molecular formula is C24H26O3. The molecule has 3 N–H and O–H groups in total. The molecule has 3 rings (SSSR count). The Morgan fingerprint density at radius 1 is 0.704 bits per heavy atom. The van der Waals surface area contributed by atoms with Gasteiger partial charge in [0.25, 0.3) is 0 Å². The van der Waals surface area contributed by atoms with Gasteiger partial charge < -0.3 is 15.3 Å². The number of rotatable bonds is 4. The van der Waals surface area contributed by atoms with Gasteiger partial charge in [0.15, 0.2) is 0 Å². The largest absolute Gasteiger partial charge is 0.508 e. The number of phenols is 3. The molecule has 0 radical (unpaired) electrons. The highest BCUT2D eigenvalue weighted by molar-refractivity contribution is 5.51. The molecule has 3 heteroatoms. The maximum absolute atomic E-state index is 10.5. The van der Waals surface area contributed by atoms with Crippen LogP contribution in [0, 0.1) is 27.7 Å². The molecule has 0 heterocycles. The lowest BCUT2D eigenvalue weighted by molar-refractivity contribution is 0.463. The average Bonchev–Trinajstić information content (AvgIpc) is 2.56. The van der Waals surface area contributed by atoms with E-state index in [1.807, 2.05) is 45.9 Å². The first-order valence-electron chi connectivity index (χ1n) is 9.15. The molecule has 3 aromatic carbocycles. The third-order valence-electron chi connectivity index (χ3n) is 5.33. The Bertz CT molecular complexity index is 943. The van der Waals surface area contributed by atoms with Crippen molar-refractivity contribution in [3.63, 3.8) is 0 Å². The first kappa shape index (κ1) is 18.8. The Morgan fingerprint density at radius 2 is 1.19 bits per heavy atom. The van der Waals surface area contributed by atoms with Gasteiger partial charge >= 0.3 is 0 Å². The third kappa shape index (κ3) is 3.77. The molecule has 0 saturated carbocycles. The summed E-state index contributed by atoms with van der Waals surface area (Å²) < 4.78 is 0. The monoisotopic (exact) mass is 362 g/mol. The van der Waals surface area contributed by atoms with E-state index in [4.69, 9.17) is 0 Å². The third-order valence-corrected chi connectivity index (χ3v) is 5.33. The molecule has 0 fully saturated rings. The number of benzene rings is 3. The lowest BCUT2D eigenvalue weighted by atomic mass is 9.79. The van der Waals surface area contributed by atoms with Gasteiger partial charge in [-0.15, -0.1) is 0 Å². The number of aryl methyl sites for hydroxylation is 4. The van der Waals surface area contributed by atoms with E-state index in [2.05, 4.69) is 0 Å². The van der Waals surface area contributed by atoms with Crippen molar-refractivity contribution < 1.29 is 15.3 Å². The van der Waals surface area contributed by atoms with E-state index in [1.54, 1.807) is 30.3 Å². The van der Waals surface area contributed by atoms with Crippen LogP contribution < -0.4 is 0 Å².